The van der Waals surface area contributed by atoms with Crippen LogP contribution >= 0.6 is 12.6 Å². The number of methoxy groups -OCH3 is 1. The fourth-order valence-corrected chi connectivity index (χ4v) is 1.21. The Morgan fingerprint density at radius 1 is 1.20 bits per heavy atom. The third-order valence-electron chi connectivity index (χ3n) is 2.36. The minimum Gasteiger partial charge on any atom is -0.493 e. The van der Waals surface area contributed by atoms with E-state index < -0.39 is 0 Å². The van der Waals surface area contributed by atoms with Crippen molar-refractivity contribution in [2.45, 2.75) is 30.8 Å². The minimum atomic E-state index is -0.122. The molecule has 0 amide bonds. The molecular formula is C12H18O2S. The zero-order valence-electron chi connectivity index (χ0n) is 9.49. The lowest BCUT2D eigenvalue weighted by Crippen LogP contribution is -2.25. The van der Waals surface area contributed by atoms with Gasteiger partial charge < -0.3 is 9.47 Å². The smallest absolute Gasteiger partial charge is 0.119 e. The van der Waals surface area contributed by atoms with Crippen LogP contribution in [0.4, 0.5) is 0 Å². The molecule has 0 saturated carbocycles. The van der Waals surface area contributed by atoms with Crippen LogP contribution in [0.15, 0.2) is 29.2 Å². The molecule has 0 aliphatic carbocycles. The van der Waals surface area contributed by atoms with Crippen molar-refractivity contribution in [2.24, 2.45) is 0 Å². The Hall–Kier alpha value is -0.670. The molecule has 15 heavy (non-hydrogen) atoms. The molecule has 0 unspecified atom stereocenters. The summed E-state index contributed by atoms with van der Waals surface area (Å²) in [6.45, 7) is 4.76. The topological polar surface area (TPSA) is 18.5 Å². The fourth-order valence-electron chi connectivity index (χ4n) is 1.06. The maximum atomic E-state index is 5.58. The van der Waals surface area contributed by atoms with E-state index in [0.717, 1.165) is 17.1 Å². The summed E-state index contributed by atoms with van der Waals surface area (Å²) >= 11 is 4.21. The summed E-state index contributed by atoms with van der Waals surface area (Å²) in [5, 5.41) is 0. The zero-order chi connectivity index (χ0) is 11.3. The summed E-state index contributed by atoms with van der Waals surface area (Å²) in [5.41, 5.74) is -0.122. The highest BCUT2D eigenvalue weighted by atomic mass is 32.1. The molecule has 0 aliphatic rings. The van der Waals surface area contributed by atoms with E-state index in [4.69, 9.17) is 9.47 Å². The van der Waals surface area contributed by atoms with Gasteiger partial charge in [0.15, 0.2) is 0 Å². The van der Waals surface area contributed by atoms with Crippen molar-refractivity contribution < 1.29 is 9.47 Å². The molecule has 0 heterocycles. The summed E-state index contributed by atoms with van der Waals surface area (Å²) in [7, 11) is 1.72. The van der Waals surface area contributed by atoms with Crippen molar-refractivity contribution in [1.29, 1.82) is 0 Å². The van der Waals surface area contributed by atoms with Gasteiger partial charge in [0.2, 0.25) is 0 Å². The molecule has 3 heteroatoms. The first kappa shape index (κ1) is 12.4. The van der Waals surface area contributed by atoms with Crippen LogP contribution in [-0.2, 0) is 4.74 Å². The Morgan fingerprint density at radius 2 is 1.80 bits per heavy atom. The SMILES string of the molecule is COC(C)(C)CCOc1ccc(S)cc1. The molecule has 1 rings (SSSR count). The Kier molecular flexibility index (Phi) is 4.48. The maximum absolute atomic E-state index is 5.58. The van der Waals surface area contributed by atoms with Gasteiger partial charge in [0, 0.05) is 18.4 Å². The van der Waals surface area contributed by atoms with E-state index >= 15 is 0 Å². The van der Waals surface area contributed by atoms with Crippen LogP contribution in [-0.4, -0.2) is 19.3 Å². The second kappa shape index (κ2) is 5.42. The van der Waals surface area contributed by atoms with Crippen LogP contribution in [0.2, 0.25) is 0 Å². The van der Waals surface area contributed by atoms with Crippen LogP contribution < -0.4 is 4.74 Å². The predicted octanol–water partition coefficient (Wildman–Crippen LogP) is 3.17. The van der Waals surface area contributed by atoms with Gasteiger partial charge in [-0.1, -0.05) is 0 Å². The van der Waals surface area contributed by atoms with E-state index in [1.165, 1.54) is 0 Å². The molecule has 0 spiro atoms. The largest absolute Gasteiger partial charge is 0.493 e. The quantitative estimate of drug-likeness (QED) is 0.777. The summed E-state index contributed by atoms with van der Waals surface area (Å²) in [6, 6.07) is 7.67. The second-order valence-corrected chi connectivity index (χ2v) is 4.57. The average Bonchev–Trinajstić information content (AvgIpc) is 2.21. The monoisotopic (exact) mass is 226 g/mol. The first-order chi connectivity index (χ1) is 7.03. The van der Waals surface area contributed by atoms with Gasteiger partial charge in [0.05, 0.1) is 12.2 Å². The Labute approximate surface area is 97.0 Å². The van der Waals surface area contributed by atoms with E-state index in [2.05, 4.69) is 12.6 Å². The lowest BCUT2D eigenvalue weighted by atomic mass is 10.1. The molecular weight excluding hydrogens is 208 g/mol. The highest BCUT2D eigenvalue weighted by molar-refractivity contribution is 7.80. The molecule has 0 atom stereocenters. The van der Waals surface area contributed by atoms with Crippen LogP contribution in [0, 0.1) is 0 Å². The van der Waals surface area contributed by atoms with Crippen LogP contribution in [0.1, 0.15) is 20.3 Å². The van der Waals surface area contributed by atoms with Crippen molar-refractivity contribution in [3.05, 3.63) is 24.3 Å². The molecule has 0 bridgehead atoms. The highest BCUT2D eigenvalue weighted by Crippen LogP contribution is 2.17. The third kappa shape index (κ3) is 4.58. The molecule has 0 saturated heterocycles. The van der Waals surface area contributed by atoms with Gasteiger partial charge in [-0.15, -0.1) is 12.6 Å². The molecule has 1 aromatic carbocycles. The van der Waals surface area contributed by atoms with E-state index in [0.29, 0.717) is 6.61 Å². The highest BCUT2D eigenvalue weighted by Gasteiger charge is 2.15. The number of thiol groups is 1. The number of hydrogen-bond acceptors (Lipinski definition) is 3. The Bertz CT molecular complexity index is 293. The maximum Gasteiger partial charge on any atom is 0.119 e. The number of benzene rings is 1. The van der Waals surface area contributed by atoms with Gasteiger partial charge in [-0.05, 0) is 38.1 Å². The molecule has 0 aromatic heterocycles. The van der Waals surface area contributed by atoms with Crippen molar-refractivity contribution in [1.82, 2.24) is 0 Å². The van der Waals surface area contributed by atoms with Crippen molar-refractivity contribution >= 4 is 12.6 Å². The first-order valence-corrected chi connectivity index (χ1v) is 5.45. The molecule has 1 aromatic rings. The Balaban J connectivity index is 2.35. The zero-order valence-corrected chi connectivity index (χ0v) is 10.4. The number of rotatable bonds is 5. The van der Waals surface area contributed by atoms with Gasteiger partial charge >= 0.3 is 0 Å². The van der Waals surface area contributed by atoms with E-state index in [-0.39, 0.29) is 5.60 Å². The predicted molar refractivity (Wildman–Crippen MR) is 64.9 cm³/mol. The van der Waals surface area contributed by atoms with Crippen molar-refractivity contribution in [2.75, 3.05) is 13.7 Å². The third-order valence-corrected chi connectivity index (χ3v) is 2.66. The average molecular weight is 226 g/mol. The van der Waals surface area contributed by atoms with Crippen molar-refractivity contribution in [3.8, 4) is 5.75 Å². The van der Waals surface area contributed by atoms with Crippen molar-refractivity contribution in [3.63, 3.8) is 0 Å². The second-order valence-electron chi connectivity index (χ2n) is 4.06. The van der Waals surface area contributed by atoms with E-state index in [9.17, 15) is 0 Å². The normalized spacial score (nSPS) is 11.5. The van der Waals surface area contributed by atoms with E-state index in [1.807, 2.05) is 38.1 Å². The lowest BCUT2D eigenvalue weighted by Gasteiger charge is -2.22. The van der Waals surface area contributed by atoms with Gasteiger partial charge in [-0.25, -0.2) is 0 Å². The minimum absolute atomic E-state index is 0.122. The van der Waals surface area contributed by atoms with Gasteiger partial charge in [-0.2, -0.15) is 0 Å². The number of ether oxygens (including phenoxy) is 2. The standard InChI is InChI=1S/C12H18O2S/c1-12(2,13-3)8-9-14-10-4-6-11(15)7-5-10/h4-7,15H,8-9H2,1-3H3. The van der Waals surface area contributed by atoms with Crippen LogP contribution in [0.25, 0.3) is 0 Å². The summed E-state index contributed by atoms with van der Waals surface area (Å²) < 4.78 is 10.9. The molecule has 84 valence electrons. The van der Waals surface area contributed by atoms with Crippen LogP contribution in [0.5, 0.6) is 5.75 Å². The van der Waals surface area contributed by atoms with Gasteiger partial charge in [-0.3, -0.25) is 0 Å². The first-order valence-electron chi connectivity index (χ1n) is 5.00. The number of hydrogen-bond donors (Lipinski definition) is 1. The lowest BCUT2D eigenvalue weighted by molar-refractivity contribution is 0.00545. The van der Waals surface area contributed by atoms with Crippen LogP contribution in [0.3, 0.4) is 0 Å². The fraction of sp³-hybridized carbons (Fsp3) is 0.500. The van der Waals surface area contributed by atoms with Gasteiger partial charge in [0.25, 0.3) is 0 Å². The van der Waals surface area contributed by atoms with E-state index in [1.54, 1.807) is 7.11 Å². The molecule has 0 N–H and O–H groups in total. The molecule has 2 nitrogen and oxygen atoms in total. The van der Waals surface area contributed by atoms with Gasteiger partial charge in [0.1, 0.15) is 5.75 Å². The molecule has 0 radical (unpaired) electrons. The summed E-state index contributed by atoms with van der Waals surface area (Å²) in [5.74, 6) is 0.875. The molecule has 0 fully saturated rings. The molecule has 0 aliphatic heterocycles. The summed E-state index contributed by atoms with van der Waals surface area (Å²) in [4.78, 5) is 0.944. The Morgan fingerprint density at radius 3 is 2.33 bits per heavy atom. The summed E-state index contributed by atoms with van der Waals surface area (Å²) in [6.07, 6.45) is 0.867.